The molecule has 100 valence electrons. The number of carbonyl (C=O) groups excluding carboxylic acids is 1. The molecule has 19 heavy (non-hydrogen) atoms. The first-order chi connectivity index (χ1) is 8.91. The number of carbonyl (C=O) groups is 1. The predicted octanol–water partition coefficient (Wildman–Crippen LogP) is 2.07. The van der Waals surface area contributed by atoms with Crippen LogP contribution < -0.4 is 0 Å². The zero-order valence-corrected chi connectivity index (χ0v) is 9.68. The van der Waals surface area contributed by atoms with Crippen molar-refractivity contribution in [3.63, 3.8) is 0 Å². The third kappa shape index (κ3) is 2.72. The molecule has 0 bridgehead atoms. The van der Waals surface area contributed by atoms with Crippen molar-refractivity contribution in [2.24, 2.45) is 0 Å². The van der Waals surface area contributed by atoms with Crippen molar-refractivity contribution in [1.29, 1.82) is 0 Å². The van der Waals surface area contributed by atoms with Crippen LogP contribution in [0.2, 0.25) is 0 Å². The predicted molar refractivity (Wildman–Crippen MR) is 57.7 cm³/mol. The first-order valence-electron chi connectivity index (χ1n) is 5.09. The average molecular weight is 271 g/mol. The van der Waals surface area contributed by atoms with E-state index in [1.165, 1.54) is 18.5 Å². The number of aromatic nitrogens is 3. The molecule has 5 nitrogen and oxygen atoms in total. The van der Waals surface area contributed by atoms with Gasteiger partial charge in [-0.05, 0) is 18.2 Å². The summed E-state index contributed by atoms with van der Waals surface area (Å²) in [7, 11) is 1.09. The molecule has 0 aliphatic rings. The SMILES string of the molecule is COC(=O)c1cc(-n2nccn2)cc(C(F)(F)F)c1. The molecule has 0 atom stereocenters. The van der Waals surface area contributed by atoms with Gasteiger partial charge in [0.1, 0.15) is 0 Å². The molecule has 1 aromatic heterocycles. The zero-order chi connectivity index (χ0) is 14.0. The first-order valence-corrected chi connectivity index (χ1v) is 5.09. The van der Waals surface area contributed by atoms with Gasteiger partial charge in [0.25, 0.3) is 0 Å². The topological polar surface area (TPSA) is 57.0 Å². The minimum atomic E-state index is -4.58. The molecule has 2 aromatic rings. The third-order valence-corrected chi connectivity index (χ3v) is 2.32. The average Bonchev–Trinajstić information content (AvgIpc) is 2.90. The number of benzene rings is 1. The van der Waals surface area contributed by atoms with Crippen LogP contribution in [0.25, 0.3) is 5.69 Å². The van der Waals surface area contributed by atoms with Gasteiger partial charge in [0.15, 0.2) is 0 Å². The minimum absolute atomic E-state index is 0.0280. The summed E-state index contributed by atoms with van der Waals surface area (Å²) in [5.74, 6) is -0.862. The fraction of sp³-hybridized carbons (Fsp3) is 0.182. The van der Waals surface area contributed by atoms with E-state index in [9.17, 15) is 18.0 Å². The molecule has 0 radical (unpaired) electrons. The summed E-state index contributed by atoms with van der Waals surface area (Å²) in [6, 6.07) is 2.80. The van der Waals surface area contributed by atoms with E-state index in [0.717, 1.165) is 24.0 Å². The molecule has 0 unspecified atom stereocenters. The molecule has 0 aliphatic heterocycles. The lowest BCUT2D eigenvalue weighted by Crippen LogP contribution is -2.11. The zero-order valence-electron chi connectivity index (χ0n) is 9.68. The van der Waals surface area contributed by atoms with E-state index in [2.05, 4.69) is 14.9 Å². The molecular weight excluding hydrogens is 263 g/mol. The Morgan fingerprint density at radius 3 is 2.37 bits per heavy atom. The maximum Gasteiger partial charge on any atom is 0.416 e. The normalized spacial score (nSPS) is 11.4. The van der Waals surface area contributed by atoms with E-state index in [4.69, 9.17) is 0 Å². The Morgan fingerprint density at radius 1 is 1.21 bits per heavy atom. The largest absolute Gasteiger partial charge is 0.465 e. The van der Waals surface area contributed by atoms with Crippen LogP contribution in [-0.4, -0.2) is 28.1 Å². The molecule has 0 amide bonds. The molecule has 0 saturated heterocycles. The van der Waals surface area contributed by atoms with Crippen molar-refractivity contribution in [3.8, 4) is 5.69 Å². The van der Waals surface area contributed by atoms with E-state index in [0.29, 0.717) is 0 Å². The van der Waals surface area contributed by atoms with Crippen LogP contribution in [0.4, 0.5) is 13.2 Å². The molecule has 2 rings (SSSR count). The van der Waals surface area contributed by atoms with Crippen molar-refractivity contribution in [1.82, 2.24) is 15.0 Å². The van der Waals surface area contributed by atoms with Crippen LogP contribution in [0.15, 0.2) is 30.6 Å². The van der Waals surface area contributed by atoms with Gasteiger partial charge < -0.3 is 4.74 Å². The van der Waals surface area contributed by atoms with Crippen LogP contribution in [0.5, 0.6) is 0 Å². The summed E-state index contributed by atoms with van der Waals surface area (Å²) in [6.07, 6.45) is -1.94. The van der Waals surface area contributed by atoms with E-state index in [-0.39, 0.29) is 11.3 Å². The number of halogens is 3. The molecule has 0 N–H and O–H groups in total. The number of hydrogen-bond donors (Lipinski definition) is 0. The fourth-order valence-corrected chi connectivity index (χ4v) is 1.48. The molecular formula is C11H8F3N3O2. The Morgan fingerprint density at radius 2 is 1.84 bits per heavy atom. The number of nitrogens with zero attached hydrogens (tertiary/aromatic N) is 3. The van der Waals surface area contributed by atoms with Gasteiger partial charge in [-0.25, -0.2) is 4.79 Å². The Labute approximate surface area is 105 Å². The van der Waals surface area contributed by atoms with Crippen molar-refractivity contribution in [2.45, 2.75) is 6.18 Å². The van der Waals surface area contributed by atoms with Crippen molar-refractivity contribution in [3.05, 3.63) is 41.7 Å². The van der Waals surface area contributed by atoms with Crippen LogP contribution >= 0.6 is 0 Å². The summed E-state index contributed by atoms with van der Waals surface area (Å²) >= 11 is 0. The molecule has 1 aromatic carbocycles. The van der Waals surface area contributed by atoms with Crippen LogP contribution in [0.1, 0.15) is 15.9 Å². The monoisotopic (exact) mass is 271 g/mol. The highest BCUT2D eigenvalue weighted by molar-refractivity contribution is 5.90. The lowest BCUT2D eigenvalue weighted by molar-refractivity contribution is -0.137. The smallest absolute Gasteiger partial charge is 0.416 e. The maximum atomic E-state index is 12.8. The van der Waals surface area contributed by atoms with Crippen LogP contribution in [0.3, 0.4) is 0 Å². The van der Waals surface area contributed by atoms with Gasteiger partial charge in [-0.15, -0.1) is 0 Å². The standard InChI is InChI=1S/C11H8F3N3O2/c1-19-10(18)7-4-8(11(12,13)14)6-9(5-7)17-15-2-3-16-17/h2-6H,1H3. The van der Waals surface area contributed by atoms with Gasteiger partial charge in [0.2, 0.25) is 0 Å². The summed E-state index contributed by atoms with van der Waals surface area (Å²) in [6.45, 7) is 0. The number of ether oxygens (including phenoxy) is 1. The van der Waals surface area contributed by atoms with Crippen LogP contribution in [0, 0.1) is 0 Å². The van der Waals surface area contributed by atoms with E-state index < -0.39 is 17.7 Å². The summed E-state index contributed by atoms with van der Waals surface area (Å²) in [4.78, 5) is 12.4. The first kappa shape index (κ1) is 13.1. The number of hydrogen-bond acceptors (Lipinski definition) is 4. The second-order valence-electron chi connectivity index (χ2n) is 3.58. The lowest BCUT2D eigenvalue weighted by Gasteiger charge is -2.10. The lowest BCUT2D eigenvalue weighted by atomic mass is 10.1. The van der Waals surface area contributed by atoms with Crippen molar-refractivity contribution in [2.75, 3.05) is 7.11 Å². The van der Waals surface area contributed by atoms with Gasteiger partial charge >= 0.3 is 12.1 Å². The highest BCUT2D eigenvalue weighted by atomic mass is 19.4. The third-order valence-electron chi connectivity index (χ3n) is 2.32. The molecule has 0 aliphatic carbocycles. The number of methoxy groups -OCH3 is 1. The summed E-state index contributed by atoms with van der Waals surface area (Å²) in [5.41, 5.74) is -1.16. The van der Waals surface area contributed by atoms with Gasteiger partial charge in [-0.3, -0.25) is 0 Å². The maximum absolute atomic E-state index is 12.8. The Kier molecular flexibility index (Phi) is 3.24. The molecule has 0 fully saturated rings. The van der Waals surface area contributed by atoms with Crippen molar-refractivity contribution >= 4 is 5.97 Å². The number of esters is 1. The van der Waals surface area contributed by atoms with E-state index >= 15 is 0 Å². The quantitative estimate of drug-likeness (QED) is 0.785. The highest BCUT2D eigenvalue weighted by Gasteiger charge is 2.32. The Bertz CT molecular complexity index is 594. The second kappa shape index (κ2) is 4.71. The number of alkyl halides is 3. The second-order valence-corrected chi connectivity index (χ2v) is 3.58. The minimum Gasteiger partial charge on any atom is -0.465 e. The van der Waals surface area contributed by atoms with E-state index in [1.807, 2.05) is 0 Å². The fourth-order valence-electron chi connectivity index (χ4n) is 1.48. The van der Waals surface area contributed by atoms with Crippen LogP contribution in [-0.2, 0) is 10.9 Å². The number of rotatable bonds is 2. The van der Waals surface area contributed by atoms with Gasteiger partial charge in [0, 0.05) is 0 Å². The Hall–Kier alpha value is -2.38. The van der Waals surface area contributed by atoms with Gasteiger partial charge in [-0.1, -0.05) is 0 Å². The molecule has 0 spiro atoms. The summed E-state index contributed by atoms with van der Waals surface area (Å²) in [5, 5.41) is 7.44. The van der Waals surface area contributed by atoms with E-state index in [1.54, 1.807) is 0 Å². The van der Waals surface area contributed by atoms with Crippen molar-refractivity contribution < 1.29 is 22.7 Å². The summed E-state index contributed by atoms with van der Waals surface area (Å²) < 4.78 is 42.7. The molecule has 1 heterocycles. The molecule has 8 heteroatoms. The van der Waals surface area contributed by atoms with Gasteiger partial charge in [-0.2, -0.15) is 28.2 Å². The molecule has 0 saturated carbocycles. The Balaban J connectivity index is 2.59. The highest BCUT2D eigenvalue weighted by Crippen LogP contribution is 2.31. The van der Waals surface area contributed by atoms with Gasteiger partial charge in [0.05, 0.1) is 36.3 Å².